The van der Waals surface area contributed by atoms with E-state index in [1.807, 2.05) is 17.2 Å². The lowest BCUT2D eigenvalue weighted by atomic mass is 10.2. The predicted octanol–water partition coefficient (Wildman–Crippen LogP) is 1.49. The van der Waals surface area contributed by atoms with Crippen LogP contribution in [0.1, 0.15) is 13.3 Å². The number of anilines is 1. The Balaban J connectivity index is 2.08. The Labute approximate surface area is 114 Å². The van der Waals surface area contributed by atoms with Gasteiger partial charge in [0.1, 0.15) is 6.20 Å². The number of hydrogen-bond acceptors (Lipinski definition) is 6. The molecule has 0 aromatic carbocycles. The van der Waals surface area contributed by atoms with Crippen LogP contribution in [0.2, 0.25) is 0 Å². The van der Waals surface area contributed by atoms with Crippen molar-refractivity contribution in [2.45, 2.75) is 19.4 Å². The average molecular weight is 281 g/mol. The monoisotopic (exact) mass is 281 g/mol. The van der Waals surface area contributed by atoms with E-state index in [2.05, 4.69) is 10.3 Å². The quantitative estimate of drug-likeness (QED) is 0.679. The molecule has 1 unspecified atom stereocenters. The van der Waals surface area contributed by atoms with Gasteiger partial charge in [0.25, 0.3) is 4.96 Å². The average Bonchev–Trinajstić information content (AvgIpc) is 3.03. The van der Waals surface area contributed by atoms with E-state index in [1.54, 1.807) is 10.6 Å². The summed E-state index contributed by atoms with van der Waals surface area (Å²) in [4.78, 5) is 18.2. The molecule has 1 N–H and O–H groups in total. The van der Waals surface area contributed by atoms with E-state index in [4.69, 9.17) is 0 Å². The number of rotatable bonds is 4. The number of thiazole rings is 1. The second-order valence-electron chi connectivity index (χ2n) is 4.50. The molecule has 1 saturated heterocycles. The summed E-state index contributed by atoms with van der Waals surface area (Å²) in [5, 5.41) is 16.4. The molecule has 1 aliphatic heterocycles. The van der Waals surface area contributed by atoms with Gasteiger partial charge in [-0.2, -0.15) is 9.38 Å². The van der Waals surface area contributed by atoms with Crippen LogP contribution in [0.4, 0.5) is 11.6 Å². The summed E-state index contributed by atoms with van der Waals surface area (Å²) in [6.07, 6.45) is 2.70. The van der Waals surface area contributed by atoms with Crippen molar-refractivity contribution in [2.24, 2.45) is 0 Å². The van der Waals surface area contributed by atoms with Crippen LogP contribution < -0.4 is 10.2 Å². The Morgan fingerprint density at radius 3 is 3.21 bits per heavy atom. The standard InChI is InChI=1S/C11H15N5O2S/c1-2-14(8-3-4-12-7-8)9-10(16(17)18)15-5-6-19-11(15)13-9/h5-6,8,12H,2-4,7H2,1H3. The minimum atomic E-state index is -0.340. The number of hydrogen-bond donors (Lipinski definition) is 1. The Kier molecular flexibility index (Phi) is 3.11. The molecule has 8 heteroatoms. The third-order valence-corrected chi connectivity index (χ3v) is 4.24. The molecule has 0 saturated carbocycles. The van der Waals surface area contributed by atoms with Crippen LogP contribution in [0.25, 0.3) is 4.96 Å². The lowest BCUT2D eigenvalue weighted by Crippen LogP contribution is -2.37. The fourth-order valence-electron chi connectivity index (χ4n) is 2.61. The Morgan fingerprint density at radius 1 is 1.74 bits per heavy atom. The number of nitrogens with zero attached hydrogens (tertiary/aromatic N) is 4. The topological polar surface area (TPSA) is 75.7 Å². The number of imidazole rings is 1. The number of nitro groups is 1. The summed E-state index contributed by atoms with van der Waals surface area (Å²) in [6.45, 7) is 4.54. The molecule has 3 heterocycles. The molecular formula is C11H15N5O2S. The summed E-state index contributed by atoms with van der Waals surface area (Å²) < 4.78 is 1.56. The third-order valence-electron chi connectivity index (χ3n) is 3.48. The van der Waals surface area contributed by atoms with Gasteiger partial charge in [-0.05, 0) is 24.8 Å². The molecule has 7 nitrogen and oxygen atoms in total. The van der Waals surface area contributed by atoms with Gasteiger partial charge < -0.3 is 20.3 Å². The molecule has 3 rings (SSSR count). The molecule has 1 aliphatic rings. The van der Waals surface area contributed by atoms with Crippen LogP contribution in [0.5, 0.6) is 0 Å². The van der Waals surface area contributed by atoms with Crippen LogP contribution in [0.3, 0.4) is 0 Å². The molecule has 2 aromatic heterocycles. The van der Waals surface area contributed by atoms with Gasteiger partial charge in [-0.15, -0.1) is 0 Å². The zero-order valence-corrected chi connectivity index (χ0v) is 11.4. The lowest BCUT2D eigenvalue weighted by Gasteiger charge is -2.26. The van der Waals surface area contributed by atoms with Gasteiger partial charge in [-0.25, -0.2) is 0 Å². The van der Waals surface area contributed by atoms with Gasteiger partial charge >= 0.3 is 5.82 Å². The summed E-state index contributed by atoms with van der Waals surface area (Å²) in [5.41, 5.74) is 0. The zero-order valence-electron chi connectivity index (χ0n) is 10.6. The van der Waals surface area contributed by atoms with E-state index in [0.717, 1.165) is 26.1 Å². The molecule has 0 spiro atoms. The van der Waals surface area contributed by atoms with Gasteiger partial charge in [0.05, 0.1) is 0 Å². The second-order valence-corrected chi connectivity index (χ2v) is 5.38. The maximum atomic E-state index is 11.3. The van der Waals surface area contributed by atoms with Gasteiger partial charge in [0, 0.05) is 24.5 Å². The van der Waals surface area contributed by atoms with Crippen molar-refractivity contribution in [3.8, 4) is 0 Å². The number of fused-ring (bicyclic) bond motifs is 1. The van der Waals surface area contributed by atoms with Crippen molar-refractivity contribution >= 4 is 27.9 Å². The first-order valence-corrected chi connectivity index (χ1v) is 7.17. The van der Waals surface area contributed by atoms with Gasteiger partial charge in [0.15, 0.2) is 0 Å². The molecule has 0 radical (unpaired) electrons. The maximum absolute atomic E-state index is 11.3. The van der Waals surface area contributed by atoms with Crippen molar-refractivity contribution in [3.05, 3.63) is 21.7 Å². The van der Waals surface area contributed by atoms with Crippen LogP contribution in [-0.4, -0.2) is 40.0 Å². The van der Waals surface area contributed by atoms with Crippen molar-refractivity contribution in [1.82, 2.24) is 14.7 Å². The van der Waals surface area contributed by atoms with E-state index in [-0.39, 0.29) is 16.8 Å². The highest BCUT2D eigenvalue weighted by Gasteiger charge is 2.32. The zero-order chi connectivity index (χ0) is 13.4. The van der Waals surface area contributed by atoms with E-state index >= 15 is 0 Å². The molecule has 102 valence electrons. The van der Waals surface area contributed by atoms with E-state index in [0.29, 0.717) is 10.8 Å². The smallest absolute Gasteiger partial charge is 0.358 e. The van der Waals surface area contributed by atoms with Crippen LogP contribution >= 0.6 is 11.3 Å². The fraction of sp³-hybridized carbons (Fsp3) is 0.545. The second kappa shape index (κ2) is 4.78. The van der Waals surface area contributed by atoms with E-state index < -0.39 is 0 Å². The first kappa shape index (κ1) is 12.4. The Hall–Kier alpha value is -1.67. The summed E-state index contributed by atoms with van der Waals surface area (Å²) in [5.74, 6) is 0.568. The normalized spacial score (nSPS) is 19.1. The van der Waals surface area contributed by atoms with Crippen molar-refractivity contribution in [3.63, 3.8) is 0 Å². The van der Waals surface area contributed by atoms with Crippen molar-refractivity contribution in [1.29, 1.82) is 0 Å². The van der Waals surface area contributed by atoms with Gasteiger partial charge in [-0.3, -0.25) is 0 Å². The van der Waals surface area contributed by atoms with E-state index in [1.165, 1.54) is 11.3 Å². The summed E-state index contributed by atoms with van der Waals surface area (Å²) in [7, 11) is 0. The van der Waals surface area contributed by atoms with Crippen molar-refractivity contribution in [2.75, 3.05) is 24.5 Å². The molecule has 1 atom stereocenters. The molecule has 1 fully saturated rings. The number of aromatic nitrogens is 2. The molecule has 0 amide bonds. The predicted molar refractivity (Wildman–Crippen MR) is 74.0 cm³/mol. The van der Waals surface area contributed by atoms with Gasteiger partial charge in [-0.1, -0.05) is 11.3 Å². The van der Waals surface area contributed by atoms with Gasteiger partial charge in [0.2, 0.25) is 5.82 Å². The molecule has 0 bridgehead atoms. The van der Waals surface area contributed by atoms with Crippen LogP contribution in [-0.2, 0) is 0 Å². The molecule has 0 aliphatic carbocycles. The lowest BCUT2D eigenvalue weighted by molar-refractivity contribution is -0.389. The Bertz CT molecular complexity index is 601. The summed E-state index contributed by atoms with van der Waals surface area (Å²) >= 11 is 1.42. The van der Waals surface area contributed by atoms with Crippen molar-refractivity contribution < 1.29 is 4.92 Å². The third kappa shape index (κ3) is 1.96. The number of likely N-dealkylation sites (N-methyl/N-ethyl adjacent to an activating group) is 1. The van der Waals surface area contributed by atoms with Crippen LogP contribution in [0.15, 0.2) is 11.6 Å². The highest BCUT2D eigenvalue weighted by molar-refractivity contribution is 7.15. The molecule has 19 heavy (non-hydrogen) atoms. The van der Waals surface area contributed by atoms with Crippen LogP contribution in [0, 0.1) is 10.1 Å². The summed E-state index contributed by atoms with van der Waals surface area (Å²) in [6, 6.07) is 0.285. The minimum absolute atomic E-state index is 0.0741. The maximum Gasteiger partial charge on any atom is 0.373 e. The number of nitrogens with one attached hydrogen (secondary N) is 1. The minimum Gasteiger partial charge on any atom is -0.358 e. The molecule has 2 aromatic rings. The SMILES string of the molecule is CCN(c1nc2sccn2c1[N+](=O)[O-])C1CCNC1. The van der Waals surface area contributed by atoms with E-state index in [9.17, 15) is 10.1 Å². The largest absolute Gasteiger partial charge is 0.373 e. The fourth-order valence-corrected chi connectivity index (χ4v) is 3.32. The highest BCUT2D eigenvalue weighted by atomic mass is 32.1. The highest BCUT2D eigenvalue weighted by Crippen LogP contribution is 2.32. The first-order valence-electron chi connectivity index (χ1n) is 6.29. The first-order chi connectivity index (χ1) is 9.22. The molecular weight excluding hydrogens is 266 g/mol. The Morgan fingerprint density at radius 2 is 2.58 bits per heavy atom.